The Morgan fingerprint density at radius 3 is 2.00 bits per heavy atom. The second-order valence-electron chi connectivity index (χ2n) is 4.85. The zero-order valence-corrected chi connectivity index (χ0v) is 10.3. The van der Waals surface area contributed by atoms with Crippen molar-refractivity contribution in [1.29, 1.82) is 0 Å². The van der Waals surface area contributed by atoms with Gasteiger partial charge in [-0.3, -0.25) is 0 Å². The van der Waals surface area contributed by atoms with Crippen LogP contribution in [0.25, 0.3) is 0 Å². The van der Waals surface area contributed by atoms with Gasteiger partial charge in [-0.25, -0.2) is 0 Å². The van der Waals surface area contributed by atoms with Crippen molar-refractivity contribution in [3.05, 3.63) is 11.1 Å². The summed E-state index contributed by atoms with van der Waals surface area (Å²) in [4.78, 5) is 0. The maximum atomic E-state index is 2.35. The molecule has 1 aliphatic carbocycles. The summed E-state index contributed by atoms with van der Waals surface area (Å²) in [6.45, 7) is 13.5. The van der Waals surface area contributed by atoms with Gasteiger partial charge >= 0.3 is 0 Å². The first-order chi connectivity index (χ1) is 5.95. The van der Waals surface area contributed by atoms with Crippen LogP contribution in [-0.2, 0) is 0 Å². The van der Waals surface area contributed by atoms with Crippen LogP contribution in [0.3, 0.4) is 0 Å². The molecule has 0 N–H and O–H groups in total. The molecule has 0 spiro atoms. The van der Waals surface area contributed by atoms with Crippen molar-refractivity contribution in [2.24, 2.45) is 5.41 Å². The summed E-state index contributed by atoms with van der Waals surface area (Å²) in [6, 6.07) is 0. The van der Waals surface area contributed by atoms with Crippen LogP contribution in [0.4, 0.5) is 0 Å². The Morgan fingerprint density at radius 2 is 1.69 bits per heavy atom. The third kappa shape index (κ3) is 3.97. The van der Waals surface area contributed by atoms with Gasteiger partial charge in [0, 0.05) is 1.43 Å². The van der Waals surface area contributed by atoms with Gasteiger partial charge in [0.15, 0.2) is 0 Å². The highest BCUT2D eigenvalue weighted by Crippen LogP contribution is 2.39. The van der Waals surface area contributed by atoms with E-state index in [1.54, 1.807) is 11.1 Å². The molecule has 1 rings (SSSR count). The molecule has 0 amide bonds. The van der Waals surface area contributed by atoms with Gasteiger partial charge in [0.1, 0.15) is 0 Å². The molecule has 0 aromatic carbocycles. The molecule has 13 heavy (non-hydrogen) atoms. The van der Waals surface area contributed by atoms with Crippen LogP contribution in [-0.4, -0.2) is 0 Å². The number of rotatable bonds is 0. The van der Waals surface area contributed by atoms with Crippen molar-refractivity contribution in [2.45, 2.75) is 67.2 Å². The van der Waals surface area contributed by atoms with Crippen molar-refractivity contribution in [3.8, 4) is 0 Å². The lowest BCUT2D eigenvalue weighted by Crippen LogP contribution is -2.18. The van der Waals surface area contributed by atoms with Crippen LogP contribution < -0.4 is 0 Å². The molecule has 0 aliphatic heterocycles. The van der Waals surface area contributed by atoms with Gasteiger partial charge in [0.2, 0.25) is 0 Å². The molecule has 0 nitrogen and oxygen atoms in total. The quantitative estimate of drug-likeness (QED) is 0.454. The minimum absolute atomic E-state index is 0. The highest BCUT2D eigenvalue weighted by molar-refractivity contribution is 5.19. The molecule has 0 radical (unpaired) electrons. The van der Waals surface area contributed by atoms with Gasteiger partial charge in [-0.1, -0.05) is 45.3 Å². The van der Waals surface area contributed by atoms with Crippen molar-refractivity contribution in [2.75, 3.05) is 0 Å². The van der Waals surface area contributed by atoms with Crippen LogP contribution >= 0.6 is 0 Å². The number of allylic oxidation sites excluding steroid dienone is 2. The highest BCUT2D eigenvalue weighted by atomic mass is 14.3. The lowest BCUT2D eigenvalue weighted by Gasteiger charge is -2.32. The Balaban J connectivity index is 0. The summed E-state index contributed by atoms with van der Waals surface area (Å²) < 4.78 is 0. The monoisotopic (exact) mass is 184 g/mol. The molecule has 0 bridgehead atoms. The van der Waals surface area contributed by atoms with Gasteiger partial charge in [-0.05, 0) is 38.5 Å². The summed E-state index contributed by atoms with van der Waals surface area (Å²) >= 11 is 0. The minimum atomic E-state index is 0. The van der Waals surface area contributed by atoms with Crippen molar-refractivity contribution in [1.82, 2.24) is 0 Å². The molecule has 0 heterocycles. The van der Waals surface area contributed by atoms with E-state index < -0.39 is 0 Å². The smallest absolute Gasteiger partial charge is 0 e. The van der Waals surface area contributed by atoms with E-state index >= 15 is 0 Å². The molecule has 0 aromatic heterocycles. The van der Waals surface area contributed by atoms with Gasteiger partial charge in [-0.15, -0.1) is 0 Å². The van der Waals surface area contributed by atoms with E-state index in [0.717, 1.165) is 0 Å². The average Bonchev–Trinajstić information content (AvgIpc) is 2.01. The van der Waals surface area contributed by atoms with E-state index in [9.17, 15) is 0 Å². The first-order valence-electron chi connectivity index (χ1n) is 5.62. The SMILES string of the molecule is CC1=C(C)C(C)(C)CCC1.CCC.[HH]. The highest BCUT2D eigenvalue weighted by Gasteiger charge is 2.24. The molecule has 0 aromatic rings. The Hall–Kier alpha value is -0.260. The maximum Gasteiger partial charge on any atom is 0 e. The first-order valence-corrected chi connectivity index (χ1v) is 5.62. The predicted octanol–water partition coefficient (Wildman–Crippen LogP) is 5.20. The fraction of sp³-hybridized carbons (Fsp3) is 0.846. The van der Waals surface area contributed by atoms with E-state index in [2.05, 4.69) is 41.5 Å². The van der Waals surface area contributed by atoms with Crippen LogP contribution in [0.2, 0.25) is 0 Å². The maximum absolute atomic E-state index is 2.35. The molecule has 0 saturated carbocycles. The standard InChI is InChI=1S/C10H18.C3H8.H2/c1-8-6-5-7-10(3,4)9(8)2;1-3-2;/h5-7H2,1-4H3;3H2,1-2H3;1H. The van der Waals surface area contributed by atoms with Crippen LogP contribution in [0.1, 0.15) is 68.7 Å². The third-order valence-electron chi connectivity index (χ3n) is 3.01. The largest absolute Gasteiger partial charge is 0.0739 e. The molecule has 0 fully saturated rings. The first kappa shape index (κ1) is 12.7. The summed E-state index contributed by atoms with van der Waals surface area (Å²) in [7, 11) is 0. The predicted molar refractivity (Wildman–Crippen MR) is 64.1 cm³/mol. The Kier molecular flexibility index (Phi) is 5.36. The lowest BCUT2D eigenvalue weighted by molar-refractivity contribution is 0.367. The molecule has 0 unspecified atom stereocenters. The van der Waals surface area contributed by atoms with Crippen molar-refractivity contribution < 1.29 is 1.43 Å². The van der Waals surface area contributed by atoms with Crippen molar-refractivity contribution >= 4 is 0 Å². The molecule has 0 atom stereocenters. The van der Waals surface area contributed by atoms with E-state index in [4.69, 9.17) is 0 Å². The van der Waals surface area contributed by atoms with Gasteiger partial charge in [0.25, 0.3) is 0 Å². The lowest BCUT2D eigenvalue weighted by atomic mass is 9.74. The summed E-state index contributed by atoms with van der Waals surface area (Å²) in [5.74, 6) is 0. The van der Waals surface area contributed by atoms with Gasteiger partial charge in [0.05, 0.1) is 0 Å². The van der Waals surface area contributed by atoms with E-state index in [1.165, 1.54) is 25.7 Å². The molecule has 0 heteroatoms. The minimum Gasteiger partial charge on any atom is -0.0739 e. The number of hydrogen-bond donors (Lipinski definition) is 0. The second kappa shape index (κ2) is 5.47. The second-order valence-corrected chi connectivity index (χ2v) is 4.85. The van der Waals surface area contributed by atoms with E-state index in [0.29, 0.717) is 5.41 Å². The average molecular weight is 184 g/mol. The molecular formula is C13H28. The Labute approximate surface area is 85.9 Å². The zero-order chi connectivity index (χ0) is 10.5. The van der Waals surface area contributed by atoms with Gasteiger partial charge < -0.3 is 0 Å². The summed E-state index contributed by atoms with van der Waals surface area (Å²) in [5.41, 5.74) is 3.73. The Bertz CT molecular complexity index is 178. The van der Waals surface area contributed by atoms with Crippen LogP contribution in [0.15, 0.2) is 11.1 Å². The summed E-state index contributed by atoms with van der Waals surface area (Å²) in [6.07, 6.45) is 5.33. The summed E-state index contributed by atoms with van der Waals surface area (Å²) in [5, 5.41) is 0. The van der Waals surface area contributed by atoms with Crippen LogP contribution in [0, 0.1) is 5.41 Å². The fourth-order valence-corrected chi connectivity index (χ4v) is 1.75. The normalized spacial score (nSPS) is 20.8. The van der Waals surface area contributed by atoms with Gasteiger partial charge in [-0.2, -0.15) is 0 Å². The molecule has 80 valence electrons. The molecule has 0 saturated heterocycles. The number of hydrogen-bond acceptors (Lipinski definition) is 0. The topological polar surface area (TPSA) is 0 Å². The molecule has 1 aliphatic rings. The van der Waals surface area contributed by atoms with E-state index in [-0.39, 0.29) is 1.43 Å². The zero-order valence-electron chi connectivity index (χ0n) is 10.3. The third-order valence-corrected chi connectivity index (χ3v) is 3.01. The van der Waals surface area contributed by atoms with Crippen LogP contribution in [0.5, 0.6) is 0 Å². The Morgan fingerprint density at radius 1 is 1.23 bits per heavy atom. The fourth-order valence-electron chi connectivity index (χ4n) is 1.75. The van der Waals surface area contributed by atoms with Crippen molar-refractivity contribution in [3.63, 3.8) is 0 Å². The van der Waals surface area contributed by atoms with E-state index in [1.807, 2.05) is 0 Å². The molecular weight excluding hydrogens is 156 g/mol.